The zero-order valence-corrected chi connectivity index (χ0v) is 26.6. The second kappa shape index (κ2) is 16.6. The molecule has 0 atom stereocenters. The van der Waals surface area contributed by atoms with Crippen molar-refractivity contribution in [3.63, 3.8) is 0 Å². The van der Waals surface area contributed by atoms with Crippen molar-refractivity contribution in [2.45, 2.75) is 33.5 Å². The fourth-order valence-corrected chi connectivity index (χ4v) is 4.97. The highest BCUT2D eigenvalue weighted by atomic mass is 19.1. The zero-order chi connectivity index (χ0) is 33.9. The predicted octanol–water partition coefficient (Wildman–Crippen LogP) is 7.31. The van der Waals surface area contributed by atoms with Crippen molar-refractivity contribution in [2.75, 3.05) is 26.4 Å². The Bertz CT molecular complexity index is 1940. The molecule has 0 spiro atoms. The number of benzene rings is 4. The number of hydrogen-bond acceptors (Lipinski definition) is 8. The summed E-state index contributed by atoms with van der Waals surface area (Å²) >= 11 is 0. The van der Waals surface area contributed by atoms with Crippen LogP contribution in [0.15, 0.2) is 84.9 Å². The maximum absolute atomic E-state index is 13.0. The van der Waals surface area contributed by atoms with Crippen LogP contribution in [0, 0.1) is 11.6 Å². The third-order valence-corrected chi connectivity index (χ3v) is 7.22. The van der Waals surface area contributed by atoms with Gasteiger partial charge in [0.1, 0.15) is 47.1 Å². The molecule has 0 radical (unpaired) electrons. The number of carbonyl (C=O) groups excluding carboxylic acids is 1. The lowest BCUT2D eigenvalue weighted by Crippen LogP contribution is -2.09. The van der Waals surface area contributed by atoms with Crippen LogP contribution < -0.4 is 9.47 Å². The van der Waals surface area contributed by atoms with E-state index in [2.05, 4.69) is 9.97 Å². The van der Waals surface area contributed by atoms with Gasteiger partial charge in [0.15, 0.2) is 12.1 Å². The average molecular weight is 659 g/mol. The van der Waals surface area contributed by atoms with Gasteiger partial charge in [-0.3, -0.25) is 4.79 Å². The Morgan fingerprint density at radius 3 is 1.60 bits per heavy atom. The summed E-state index contributed by atoms with van der Waals surface area (Å²) in [5, 5.41) is 9.52. The molecule has 4 aromatic carbocycles. The van der Waals surface area contributed by atoms with Gasteiger partial charge in [0.05, 0.1) is 35.3 Å². The molecule has 0 amide bonds. The molecule has 6 aromatic rings. The molecule has 0 saturated heterocycles. The molecular weight excluding hydrogens is 622 g/mol. The zero-order valence-electron chi connectivity index (χ0n) is 26.6. The number of aldehydes is 1. The van der Waals surface area contributed by atoms with Crippen LogP contribution in [0.4, 0.5) is 8.78 Å². The lowest BCUT2D eigenvalue weighted by molar-refractivity contribution is 0.110. The van der Waals surface area contributed by atoms with Gasteiger partial charge < -0.3 is 33.2 Å². The van der Waals surface area contributed by atoms with Gasteiger partial charge in [-0.2, -0.15) is 0 Å². The number of ether oxygens (including phenoxy) is 4. The summed E-state index contributed by atoms with van der Waals surface area (Å²) < 4.78 is 51.9. The summed E-state index contributed by atoms with van der Waals surface area (Å²) in [6.07, 6.45) is 0.729. The van der Waals surface area contributed by atoms with E-state index >= 15 is 0 Å². The minimum absolute atomic E-state index is 0.144. The van der Waals surface area contributed by atoms with E-state index in [1.54, 1.807) is 47.0 Å². The second-order valence-corrected chi connectivity index (χ2v) is 10.4. The van der Waals surface area contributed by atoms with E-state index in [4.69, 9.17) is 18.9 Å². The van der Waals surface area contributed by atoms with Gasteiger partial charge in [0, 0.05) is 38.4 Å². The molecule has 250 valence electrons. The maximum Gasteiger partial charge on any atom is 0.185 e. The first-order chi connectivity index (χ1) is 23.4. The largest absolute Gasteiger partial charge is 0.457 e. The standard InChI is InChI=1S/C18H19FN2O3.C18H17FN2O3/c2*1-2-23-10-9-21-17-11-15(7-8-16(17)20-18(21)12-22)24-14-5-3-13(19)4-6-14/h3-8,11,22H,2,9-10,12H2,1H3;3-8,11-12H,2,9-10H2,1H3. The SMILES string of the molecule is CCOCCn1c(C=O)nc2ccc(Oc3ccc(F)cc3)cc21.CCOCCn1c(CO)nc2ccc(Oc3ccc(F)cc3)cc21. The third-order valence-electron chi connectivity index (χ3n) is 7.22. The van der Waals surface area contributed by atoms with E-state index in [9.17, 15) is 18.7 Å². The highest BCUT2D eigenvalue weighted by Crippen LogP contribution is 2.28. The molecule has 0 aliphatic rings. The van der Waals surface area contributed by atoms with Crippen LogP contribution in [0.1, 0.15) is 30.3 Å². The van der Waals surface area contributed by atoms with Crippen LogP contribution >= 0.6 is 0 Å². The molecule has 10 nitrogen and oxygen atoms in total. The predicted molar refractivity (Wildman–Crippen MR) is 177 cm³/mol. The summed E-state index contributed by atoms with van der Waals surface area (Å²) in [4.78, 5) is 20.0. The van der Waals surface area contributed by atoms with E-state index in [1.807, 2.05) is 36.6 Å². The van der Waals surface area contributed by atoms with Gasteiger partial charge in [0.2, 0.25) is 0 Å². The molecule has 0 aliphatic carbocycles. The van der Waals surface area contributed by atoms with E-state index in [0.29, 0.717) is 79.7 Å². The fraction of sp³-hybridized carbons (Fsp3) is 0.250. The van der Waals surface area contributed by atoms with Crippen molar-refractivity contribution in [1.29, 1.82) is 0 Å². The lowest BCUT2D eigenvalue weighted by atomic mass is 10.3. The number of aromatic nitrogens is 4. The Hall–Kier alpha value is -5.17. The number of nitrogens with zero attached hydrogens (tertiary/aromatic N) is 4. The minimum atomic E-state index is -0.317. The first-order valence-electron chi connectivity index (χ1n) is 15.5. The molecule has 0 bridgehead atoms. The van der Waals surface area contributed by atoms with Crippen LogP contribution in [0.2, 0.25) is 0 Å². The van der Waals surface area contributed by atoms with Gasteiger partial charge in [-0.1, -0.05) is 0 Å². The quantitative estimate of drug-likeness (QED) is 0.0959. The highest BCUT2D eigenvalue weighted by Gasteiger charge is 2.13. The van der Waals surface area contributed by atoms with Crippen LogP contribution in [-0.2, 0) is 29.2 Å². The van der Waals surface area contributed by atoms with Crippen LogP contribution in [-0.4, -0.2) is 56.9 Å². The van der Waals surface area contributed by atoms with Gasteiger partial charge in [-0.05, 0) is 86.6 Å². The summed E-state index contributed by atoms with van der Waals surface area (Å²) in [6.45, 7) is 7.12. The van der Waals surface area contributed by atoms with Gasteiger partial charge in [-0.15, -0.1) is 0 Å². The van der Waals surface area contributed by atoms with E-state index in [-0.39, 0.29) is 18.2 Å². The van der Waals surface area contributed by atoms with Crippen molar-refractivity contribution in [1.82, 2.24) is 19.1 Å². The number of imidazole rings is 2. The Kier molecular flexibility index (Phi) is 11.8. The third kappa shape index (κ3) is 8.59. The lowest BCUT2D eigenvalue weighted by Gasteiger charge is -2.09. The molecule has 2 aromatic heterocycles. The van der Waals surface area contributed by atoms with Crippen molar-refractivity contribution >= 4 is 28.4 Å². The van der Waals surface area contributed by atoms with Gasteiger partial charge in [0.25, 0.3) is 0 Å². The number of hydrogen-bond donors (Lipinski definition) is 1. The number of aliphatic hydroxyl groups excluding tert-OH is 1. The van der Waals surface area contributed by atoms with E-state index in [1.165, 1.54) is 24.3 Å². The van der Waals surface area contributed by atoms with Crippen molar-refractivity contribution in [3.8, 4) is 23.0 Å². The summed E-state index contributed by atoms with van der Waals surface area (Å²) in [5.74, 6) is 2.61. The molecular formula is C36H36F2N4O6. The van der Waals surface area contributed by atoms with Crippen LogP contribution in [0.25, 0.3) is 22.1 Å². The molecule has 0 saturated carbocycles. The summed E-state index contributed by atoms with van der Waals surface area (Å²) in [6, 6.07) is 22.5. The topological polar surface area (TPSA) is 110 Å². The summed E-state index contributed by atoms with van der Waals surface area (Å²) in [7, 11) is 0. The van der Waals surface area contributed by atoms with Gasteiger partial charge in [-0.25, -0.2) is 18.7 Å². The Balaban J connectivity index is 0.000000188. The molecule has 12 heteroatoms. The fourth-order valence-electron chi connectivity index (χ4n) is 4.97. The first-order valence-corrected chi connectivity index (χ1v) is 15.5. The summed E-state index contributed by atoms with van der Waals surface area (Å²) in [5.41, 5.74) is 3.14. The Morgan fingerprint density at radius 2 is 1.12 bits per heavy atom. The van der Waals surface area contributed by atoms with E-state index in [0.717, 1.165) is 22.8 Å². The average Bonchev–Trinajstić information content (AvgIpc) is 3.64. The van der Waals surface area contributed by atoms with Crippen molar-refractivity contribution in [2.24, 2.45) is 0 Å². The number of fused-ring (bicyclic) bond motifs is 2. The highest BCUT2D eigenvalue weighted by molar-refractivity contribution is 5.84. The number of halogens is 2. The smallest absolute Gasteiger partial charge is 0.185 e. The van der Waals surface area contributed by atoms with Gasteiger partial charge >= 0.3 is 0 Å². The second-order valence-electron chi connectivity index (χ2n) is 10.4. The molecule has 1 N–H and O–H groups in total. The monoisotopic (exact) mass is 658 g/mol. The molecule has 0 fully saturated rings. The molecule has 6 rings (SSSR count). The van der Waals surface area contributed by atoms with Crippen molar-refractivity contribution < 1.29 is 37.6 Å². The normalized spacial score (nSPS) is 11.0. The molecule has 2 heterocycles. The van der Waals surface area contributed by atoms with Crippen LogP contribution in [0.5, 0.6) is 23.0 Å². The van der Waals surface area contributed by atoms with Crippen molar-refractivity contribution in [3.05, 3.63) is 108 Å². The molecule has 0 aliphatic heterocycles. The van der Waals surface area contributed by atoms with Crippen LogP contribution in [0.3, 0.4) is 0 Å². The number of rotatable bonds is 14. The minimum Gasteiger partial charge on any atom is -0.457 e. The molecule has 0 unspecified atom stereocenters. The Labute approximate surface area is 276 Å². The maximum atomic E-state index is 13.0. The number of carbonyl (C=O) groups is 1. The Morgan fingerprint density at radius 1 is 0.667 bits per heavy atom. The number of aliphatic hydroxyl groups is 1. The first kappa shape index (κ1) is 34.2. The molecule has 48 heavy (non-hydrogen) atoms. The van der Waals surface area contributed by atoms with E-state index < -0.39 is 0 Å².